The van der Waals surface area contributed by atoms with Gasteiger partial charge in [-0.15, -0.1) is 0 Å². The van der Waals surface area contributed by atoms with Crippen molar-refractivity contribution >= 4 is 11.5 Å². The van der Waals surface area contributed by atoms with Crippen molar-refractivity contribution in [2.24, 2.45) is 16.4 Å². The van der Waals surface area contributed by atoms with E-state index in [2.05, 4.69) is 24.4 Å². The molecule has 4 nitrogen and oxygen atoms in total. The van der Waals surface area contributed by atoms with Gasteiger partial charge in [0.1, 0.15) is 11.5 Å². The first kappa shape index (κ1) is 14.1. The minimum Gasteiger partial charge on any atom is -0.494 e. The molecule has 4 heteroatoms. The third-order valence-corrected chi connectivity index (χ3v) is 4.28. The molecule has 0 spiro atoms. The molecule has 21 heavy (non-hydrogen) atoms. The van der Waals surface area contributed by atoms with Crippen LogP contribution in [0, 0.1) is 11.3 Å². The van der Waals surface area contributed by atoms with E-state index in [9.17, 15) is 4.79 Å². The topological polar surface area (TPSA) is 50.7 Å². The lowest BCUT2D eigenvalue weighted by atomic mass is 9.68. The first-order chi connectivity index (χ1) is 10.00. The van der Waals surface area contributed by atoms with Crippen molar-refractivity contribution in [3.05, 3.63) is 29.8 Å². The standard InChI is InChI=1S/C17H22N2O2/c1-4-21-12-7-5-11(6-8-12)16-15-13(18-19-16)9-17(2,3)10-14(15)20/h5-8,13,15,18H,4,9-10H2,1-3H3/t13-,15-/m0/s1. The van der Waals surface area contributed by atoms with E-state index in [1.807, 2.05) is 31.2 Å². The number of ketones is 1. The Kier molecular flexibility index (Phi) is 3.47. The number of nitrogens with zero attached hydrogens (tertiary/aromatic N) is 1. The number of carbonyl (C=O) groups is 1. The highest BCUT2D eigenvalue weighted by Gasteiger charge is 2.46. The molecule has 0 unspecified atom stereocenters. The van der Waals surface area contributed by atoms with Crippen LogP contribution in [0.5, 0.6) is 5.75 Å². The van der Waals surface area contributed by atoms with E-state index in [1.165, 1.54) is 0 Å². The van der Waals surface area contributed by atoms with E-state index in [1.54, 1.807) is 0 Å². The minimum atomic E-state index is -0.101. The molecule has 1 aliphatic heterocycles. The van der Waals surface area contributed by atoms with Gasteiger partial charge in [0, 0.05) is 6.42 Å². The summed E-state index contributed by atoms with van der Waals surface area (Å²) in [5.41, 5.74) is 5.12. The molecular formula is C17H22N2O2. The van der Waals surface area contributed by atoms with Crippen LogP contribution in [0.3, 0.4) is 0 Å². The SMILES string of the molecule is CCOc1ccc(C2=NN[C@H]3CC(C)(C)CC(=O)[C@@H]23)cc1. The number of hydrogen-bond acceptors (Lipinski definition) is 4. The van der Waals surface area contributed by atoms with Gasteiger partial charge in [-0.2, -0.15) is 5.10 Å². The van der Waals surface area contributed by atoms with Gasteiger partial charge in [-0.1, -0.05) is 13.8 Å². The molecule has 3 rings (SSSR count). The Morgan fingerprint density at radius 2 is 2.05 bits per heavy atom. The maximum Gasteiger partial charge on any atom is 0.144 e. The number of fused-ring (bicyclic) bond motifs is 1. The summed E-state index contributed by atoms with van der Waals surface area (Å²) in [6, 6.07) is 7.99. The molecule has 2 atom stereocenters. The number of carbonyl (C=O) groups excluding carboxylic acids is 1. The quantitative estimate of drug-likeness (QED) is 0.929. The monoisotopic (exact) mass is 286 g/mol. The number of ether oxygens (including phenoxy) is 1. The summed E-state index contributed by atoms with van der Waals surface area (Å²) in [7, 11) is 0. The first-order valence-electron chi connectivity index (χ1n) is 7.59. The summed E-state index contributed by atoms with van der Waals surface area (Å²) in [5, 5.41) is 4.45. The first-order valence-corrected chi connectivity index (χ1v) is 7.59. The molecular weight excluding hydrogens is 264 g/mol. The summed E-state index contributed by atoms with van der Waals surface area (Å²) >= 11 is 0. The van der Waals surface area contributed by atoms with Crippen LogP contribution in [0.15, 0.2) is 29.4 Å². The minimum absolute atomic E-state index is 0.0645. The molecule has 1 aromatic carbocycles. The van der Waals surface area contributed by atoms with Crippen LogP contribution >= 0.6 is 0 Å². The molecule has 0 aromatic heterocycles. The zero-order chi connectivity index (χ0) is 15.0. The number of hydrogen-bond donors (Lipinski definition) is 1. The van der Waals surface area contributed by atoms with Crippen LogP contribution in [0.1, 0.15) is 39.2 Å². The Bertz CT molecular complexity index is 575. The fourth-order valence-corrected chi connectivity index (χ4v) is 3.41. The van der Waals surface area contributed by atoms with Crippen molar-refractivity contribution in [3.63, 3.8) is 0 Å². The highest BCUT2D eigenvalue weighted by molar-refractivity contribution is 6.15. The summed E-state index contributed by atoms with van der Waals surface area (Å²) in [4.78, 5) is 12.5. The molecule has 1 heterocycles. The summed E-state index contributed by atoms with van der Waals surface area (Å²) < 4.78 is 5.46. The lowest BCUT2D eigenvalue weighted by molar-refractivity contribution is -0.126. The summed E-state index contributed by atoms with van der Waals surface area (Å²) in [6.45, 7) is 6.92. The van der Waals surface area contributed by atoms with Crippen LogP contribution in [0.4, 0.5) is 0 Å². The molecule has 0 saturated heterocycles. The molecule has 1 saturated carbocycles. The Morgan fingerprint density at radius 3 is 2.71 bits per heavy atom. The Morgan fingerprint density at radius 1 is 1.33 bits per heavy atom. The van der Waals surface area contributed by atoms with Gasteiger partial charge >= 0.3 is 0 Å². The lowest BCUT2D eigenvalue weighted by Gasteiger charge is -2.36. The molecule has 1 aliphatic carbocycles. The number of Topliss-reactive ketones (excluding diaryl/α,β-unsaturated/α-hetero) is 1. The molecule has 1 N–H and O–H groups in total. The van der Waals surface area contributed by atoms with Crippen molar-refractivity contribution in [1.82, 2.24) is 5.43 Å². The second-order valence-corrected chi connectivity index (χ2v) is 6.68. The highest BCUT2D eigenvalue weighted by Crippen LogP contribution is 2.39. The zero-order valence-electron chi connectivity index (χ0n) is 12.8. The predicted molar refractivity (Wildman–Crippen MR) is 82.6 cm³/mol. The Labute approximate surface area is 125 Å². The number of rotatable bonds is 3. The van der Waals surface area contributed by atoms with E-state index in [0.29, 0.717) is 18.8 Å². The zero-order valence-corrected chi connectivity index (χ0v) is 12.8. The Hall–Kier alpha value is -1.84. The number of hydrazone groups is 1. The van der Waals surface area contributed by atoms with Gasteiger partial charge in [0.25, 0.3) is 0 Å². The normalized spacial score (nSPS) is 26.8. The van der Waals surface area contributed by atoms with Gasteiger partial charge in [0.2, 0.25) is 0 Å². The second-order valence-electron chi connectivity index (χ2n) is 6.68. The van der Waals surface area contributed by atoms with Crippen molar-refractivity contribution in [2.45, 2.75) is 39.7 Å². The van der Waals surface area contributed by atoms with Crippen molar-refractivity contribution in [1.29, 1.82) is 0 Å². The van der Waals surface area contributed by atoms with E-state index >= 15 is 0 Å². The Balaban J connectivity index is 1.82. The van der Waals surface area contributed by atoms with Crippen LogP contribution in [-0.4, -0.2) is 24.1 Å². The fraction of sp³-hybridized carbons (Fsp3) is 0.529. The predicted octanol–water partition coefficient (Wildman–Crippen LogP) is 2.77. The third kappa shape index (κ3) is 2.67. The maximum atomic E-state index is 12.5. The maximum absolute atomic E-state index is 12.5. The molecule has 1 aromatic rings. The number of nitrogens with one attached hydrogen (secondary N) is 1. The fourth-order valence-electron chi connectivity index (χ4n) is 3.41. The van der Waals surface area contributed by atoms with Gasteiger partial charge in [-0.05, 0) is 48.6 Å². The van der Waals surface area contributed by atoms with Gasteiger partial charge in [0.05, 0.1) is 24.3 Å². The summed E-state index contributed by atoms with van der Waals surface area (Å²) in [5.74, 6) is 1.05. The van der Waals surface area contributed by atoms with Crippen LogP contribution in [-0.2, 0) is 4.79 Å². The van der Waals surface area contributed by atoms with Crippen LogP contribution < -0.4 is 10.2 Å². The van der Waals surface area contributed by atoms with Crippen molar-refractivity contribution in [2.75, 3.05) is 6.61 Å². The van der Waals surface area contributed by atoms with E-state index in [0.717, 1.165) is 23.4 Å². The molecule has 0 amide bonds. The van der Waals surface area contributed by atoms with E-state index in [-0.39, 0.29) is 17.4 Å². The van der Waals surface area contributed by atoms with Gasteiger partial charge in [-0.3, -0.25) is 4.79 Å². The van der Waals surface area contributed by atoms with Crippen molar-refractivity contribution < 1.29 is 9.53 Å². The summed E-state index contributed by atoms with van der Waals surface area (Å²) in [6.07, 6.45) is 1.61. The van der Waals surface area contributed by atoms with Crippen LogP contribution in [0.2, 0.25) is 0 Å². The highest BCUT2D eigenvalue weighted by atomic mass is 16.5. The third-order valence-electron chi connectivity index (χ3n) is 4.28. The molecule has 2 aliphatic rings. The molecule has 0 radical (unpaired) electrons. The van der Waals surface area contributed by atoms with Crippen LogP contribution in [0.25, 0.3) is 0 Å². The molecule has 1 fully saturated rings. The molecule has 112 valence electrons. The molecule has 0 bridgehead atoms. The largest absolute Gasteiger partial charge is 0.494 e. The number of benzene rings is 1. The van der Waals surface area contributed by atoms with E-state index < -0.39 is 0 Å². The van der Waals surface area contributed by atoms with Gasteiger partial charge < -0.3 is 10.2 Å². The lowest BCUT2D eigenvalue weighted by Crippen LogP contribution is -2.45. The van der Waals surface area contributed by atoms with Crippen molar-refractivity contribution in [3.8, 4) is 5.75 Å². The van der Waals surface area contributed by atoms with E-state index in [4.69, 9.17) is 4.74 Å². The van der Waals surface area contributed by atoms with Gasteiger partial charge in [-0.25, -0.2) is 0 Å². The average molecular weight is 286 g/mol. The second kappa shape index (κ2) is 5.17. The average Bonchev–Trinajstić information content (AvgIpc) is 2.82. The van der Waals surface area contributed by atoms with Gasteiger partial charge in [0.15, 0.2) is 0 Å². The smallest absolute Gasteiger partial charge is 0.144 e.